The Morgan fingerprint density at radius 3 is 2.12 bits per heavy atom. The summed E-state index contributed by atoms with van der Waals surface area (Å²) in [6, 6.07) is 0.481. The predicted molar refractivity (Wildman–Crippen MR) is 69.6 cm³/mol. The minimum atomic E-state index is -2.38. The monoisotopic (exact) mass is 250 g/mol. The van der Waals surface area contributed by atoms with Crippen LogP contribution in [0.15, 0.2) is 0 Å². The number of halogens is 2. The number of nitrogens with one attached hydrogen (secondary N) is 1. The van der Waals surface area contributed by atoms with Gasteiger partial charge in [-0.3, -0.25) is 0 Å². The Bertz CT molecular complexity index is 249. The molecule has 4 atom stereocenters. The summed E-state index contributed by atoms with van der Waals surface area (Å²) in [7, 11) is 5.80. The highest BCUT2D eigenvalue weighted by atomic mass is 19.3. The Kier molecular flexibility index (Phi) is 4.90. The lowest BCUT2D eigenvalue weighted by atomic mass is 9.90. The number of alkyl halides is 2. The Morgan fingerprint density at radius 1 is 1.24 bits per heavy atom. The molecule has 2 nitrogen and oxygen atoms in total. The van der Waals surface area contributed by atoms with Crippen molar-refractivity contribution in [3.63, 3.8) is 0 Å². The third kappa shape index (κ3) is 2.97. The number of hydrogen-bond donors (Lipinski definition) is 1. The summed E-state index contributed by atoms with van der Waals surface area (Å²) in [5, 5.41) is 3.16. The molecule has 4 heteroatoms. The highest BCUT2D eigenvalue weighted by Gasteiger charge is 2.70. The van der Waals surface area contributed by atoms with Crippen molar-refractivity contribution in [1.29, 1.82) is 0 Å². The molecule has 2 aliphatic rings. The Hall–Kier alpha value is -0.220. The number of likely N-dealkylation sites (N-methyl/N-ethyl adjacent to an activating group) is 2. The van der Waals surface area contributed by atoms with Crippen LogP contribution < -0.4 is 5.32 Å². The molecule has 0 radical (unpaired) electrons. The molecular formula is C13H28F2N2. The van der Waals surface area contributed by atoms with Gasteiger partial charge in [0.1, 0.15) is 0 Å². The molecule has 0 aromatic heterocycles. The van der Waals surface area contributed by atoms with Crippen LogP contribution in [0.1, 0.15) is 34.5 Å². The normalized spacial score (nSPS) is 38.1. The molecule has 2 aliphatic carbocycles. The van der Waals surface area contributed by atoms with Crippen LogP contribution in [0.4, 0.5) is 8.78 Å². The van der Waals surface area contributed by atoms with Crippen LogP contribution >= 0.6 is 0 Å². The van der Waals surface area contributed by atoms with Crippen molar-refractivity contribution >= 4 is 0 Å². The smallest absolute Gasteiger partial charge is 0.254 e. The molecule has 2 unspecified atom stereocenters. The van der Waals surface area contributed by atoms with Crippen molar-refractivity contribution in [3.05, 3.63) is 0 Å². The second-order valence-electron chi connectivity index (χ2n) is 5.49. The van der Waals surface area contributed by atoms with Crippen LogP contribution in [-0.4, -0.2) is 44.0 Å². The molecule has 0 bridgehead atoms. The summed E-state index contributed by atoms with van der Waals surface area (Å²) in [6.45, 7) is 4.25. The van der Waals surface area contributed by atoms with E-state index >= 15 is 0 Å². The van der Waals surface area contributed by atoms with E-state index in [0.29, 0.717) is 12.8 Å². The van der Waals surface area contributed by atoms with Crippen molar-refractivity contribution < 1.29 is 10.2 Å². The van der Waals surface area contributed by atoms with Crippen LogP contribution in [0.5, 0.6) is 0 Å². The molecule has 0 aliphatic heterocycles. The van der Waals surface area contributed by atoms with E-state index in [9.17, 15) is 8.78 Å². The fraction of sp³-hybridized carbons (Fsp3) is 1.00. The second-order valence-corrected chi connectivity index (χ2v) is 5.49. The van der Waals surface area contributed by atoms with Gasteiger partial charge in [0, 0.05) is 25.3 Å². The van der Waals surface area contributed by atoms with Crippen molar-refractivity contribution in [2.75, 3.05) is 21.1 Å². The maximum Gasteiger partial charge on any atom is 0.254 e. The van der Waals surface area contributed by atoms with Crippen molar-refractivity contribution in [2.24, 2.45) is 11.8 Å². The van der Waals surface area contributed by atoms with Gasteiger partial charge >= 0.3 is 0 Å². The Morgan fingerprint density at radius 2 is 1.71 bits per heavy atom. The molecular weight excluding hydrogens is 222 g/mol. The summed E-state index contributed by atoms with van der Waals surface area (Å²) in [5.41, 5.74) is 0. The lowest BCUT2D eigenvalue weighted by Crippen LogP contribution is -2.48. The first kappa shape index (κ1) is 14.8. The minimum Gasteiger partial charge on any atom is -0.315 e. The molecule has 0 spiro atoms. The first-order valence-corrected chi connectivity index (χ1v) is 6.61. The van der Waals surface area contributed by atoms with Gasteiger partial charge in [-0.05, 0) is 34.0 Å². The molecule has 0 saturated heterocycles. The van der Waals surface area contributed by atoms with Gasteiger partial charge in [-0.15, -0.1) is 0 Å². The fourth-order valence-corrected chi connectivity index (χ4v) is 2.84. The number of nitrogens with zero attached hydrogens (tertiary/aromatic N) is 1. The van der Waals surface area contributed by atoms with Gasteiger partial charge in [0.25, 0.3) is 5.92 Å². The molecule has 2 rings (SSSR count). The first-order chi connectivity index (χ1) is 7.89. The van der Waals surface area contributed by atoms with Crippen LogP contribution in [0.2, 0.25) is 0 Å². The molecule has 1 N–H and O–H groups in total. The highest BCUT2D eigenvalue weighted by Crippen LogP contribution is 2.62. The third-order valence-electron chi connectivity index (χ3n) is 3.87. The van der Waals surface area contributed by atoms with E-state index in [-0.39, 0.29) is 25.3 Å². The van der Waals surface area contributed by atoms with Crippen molar-refractivity contribution in [1.82, 2.24) is 10.2 Å². The summed E-state index contributed by atoms with van der Waals surface area (Å²) in [5.74, 6) is -3.07. The number of fused-ring (bicyclic) bond motifs is 1. The maximum absolute atomic E-state index is 13.2. The van der Waals surface area contributed by atoms with Gasteiger partial charge in [0.2, 0.25) is 0 Å². The molecule has 2 fully saturated rings. The summed E-state index contributed by atoms with van der Waals surface area (Å²) in [4.78, 5) is 2.06. The fourth-order valence-electron chi connectivity index (χ4n) is 2.84. The van der Waals surface area contributed by atoms with E-state index in [4.69, 9.17) is 0 Å². The van der Waals surface area contributed by atoms with E-state index in [1.54, 1.807) is 0 Å². The van der Waals surface area contributed by atoms with Gasteiger partial charge in [-0.1, -0.05) is 20.3 Å². The zero-order chi connectivity index (χ0) is 13.2. The molecule has 0 aromatic rings. The summed E-state index contributed by atoms with van der Waals surface area (Å²) in [6.07, 6.45) is 2.51. The van der Waals surface area contributed by atoms with Crippen LogP contribution in [-0.2, 0) is 0 Å². The van der Waals surface area contributed by atoms with E-state index in [1.807, 2.05) is 21.1 Å². The number of hydrogen-bond acceptors (Lipinski definition) is 2. The maximum atomic E-state index is 13.2. The zero-order valence-corrected chi connectivity index (χ0v) is 11.6. The standard InChI is InChI=1S/C10H18F2N2.C3H8.H2/c1-13-8-4-6-7(10(6,11)12)5-9(8)14(2)3;1-3-2;/h6-9,13H,4-5H2,1-3H3;3H2,1-2H3;1H/t6?,7?,8-,9-;;/m0../s1. The average molecular weight is 250 g/mol. The van der Waals surface area contributed by atoms with E-state index in [1.165, 1.54) is 6.42 Å². The van der Waals surface area contributed by atoms with Crippen LogP contribution in [0.3, 0.4) is 0 Å². The molecule has 104 valence electrons. The lowest BCUT2D eigenvalue weighted by Gasteiger charge is -2.34. The average Bonchev–Trinajstić information content (AvgIpc) is 2.80. The summed E-state index contributed by atoms with van der Waals surface area (Å²) >= 11 is 0. The van der Waals surface area contributed by atoms with E-state index in [2.05, 4.69) is 24.1 Å². The summed E-state index contributed by atoms with van der Waals surface area (Å²) < 4.78 is 26.4. The molecule has 2 saturated carbocycles. The van der Waals surface area contributed by atoms with Crippen LogP contribution in [0.25, 0.3) is 0 Å². The predicted octanol–water partition coefficient (Wildman–Crippen LogP) is 2.84. The Balaban J connectivity index is 0.000000660. The quantitative estimate of drug-likeness (QED) is 0.810. The van der Waals surface area contributed by atoms with E-state index < -0.39 is 5.92 Å². The van der Waals surface area contributed by atoms with Crippen LogP contribution in [0, 0.1) is 11.8 Å². The van der Waals surface area contributed by atoms with Gasteiger partial charge in [-0.2, -0.15) is 0 Å². The van der Waals surface area contributed by atoms with Gasteiger partial charge in [0.15, 0.2) is 0 Å². The van der Waals surface area contributed by atoms with Crippen molar-refractivity contribution in [3.8, 4) is 0 Å². The SMILES string of the molecule is CCC.CN[C@H]1CC2C(C[C@@H]1N(C)C)C2(F)F.[HH]. The van der Waals surface area contributed by atoms with Crippen molar-refractivity contribution in [2.45, 2.75) is 51.1 Å². The largest absolute Gasteiger partial charge is 0.315 e. The van der Waals surface area contributed by atoms with Gasteiger partial charge in [-0.25, -0.2) is 8.78 Å². The molecule has 0 heterocycles. The highest BCUT2D eigenvalue weighted by molar-refractivity contribution is 5.12. The van der Waals surface area contributed by atoms with Gasteiger partial charge in [0.05, 0.1) is 0 Å². The number of rotatable bonds is 2. The van der Waals surface area contributed by atoms with E-state index in [0.717, 1.165) is 0 Å². The zero-order valence-electron chi connectivity index (χ0n) is 11.6. The topological polar surface area (TPSA) is 15.3 Å². The second kappa shape index (κ2) is 5.61. The minimum absolute atomic E-state index is 0. The third-order valence-corrected chi connectivity index (χ3v) is 3.87. The van der Waals surface area contributed by atoms with Gasteiger partial charge < -0.3 is 10.2 Å². The molecule has 0 amide bonds. The molecule has 17 heavy (non-hydrogen) atoms. The first-order valence-electron chi connectivity index (χ1n) is 6.61. The lowest BCUT2D eigenvalue weighted by molar-refractivity contribution is 0.0837. The molecule has 0 aromatic carbocycles. The Labute approximate surface area is 105 Å².